The molecule has 1 atom stereocenters. The van der Waals surface area contributed by atoms with Gasteiger partial charge in [-0.1, -0.05) is 40.9 Å². The average Bonchev–Trinajstić information content (AvgIpc) is 3.43. The number of anilines is 1. The van der Waals surface area contributed by atoms with Gasteiger partial charge in [-0.3, -0.25) is 0 Å². The van der Waals surface area contributed by atoms with E-state index in [4.69, 9.17) is 44.8 Å². The summed E-state index contributed by atoms with van der Waals surface area (Å²) in [5.74, 6) is 1.10. The van der Waals surface area contributed by atoms with Crippen molar-refractivity contribution in [2.45, 2.75) is 19.5 Å². The van der Waals surface area contributed by atoms with E-state index in [0.717, 1.165) is 19.5 Å². The van der Waals surface area contributed by atoms with E-state index in [2.05, 4.69) is 15.6 Å². The highest BCUT2D eigenvalue weighted by molar-refractivity contribution is 6.39. The molecule has 2 aromatic carbocycles. The van der Waals surface area contributed by atoms with Gasteiger partial charge in [-0.2, -0.15) is 4.98 Å². The summed E-state index contributed by atoms with van der Waals surface area (Å²) in [4.78, 5) is 13.8. The van der Waals surface area contributed by atoms with Crippen LogP contribution >= 0.6 is 34.8 Å². The summed E-state index contributed by atoms with van der Waals surface area (Å²) in [6.07, 6.45) is 2.70. The van der Waals surface area contributed by atoms with Crippen LogP contribution in [0.15, 0.2) is 42.6 Å². The number of nitrogens with zero attached hydrogens (tertiary/aromatic N) is 4. The van der Waals surface area contributed by atoms with Crippen molar-refractivity contribution in [3.63, 3.8) is 0 Å². The van der Waals surface area contributed by atoms with Crippen LogP contribution < -0.4 is 10.6 Å². The monoisotopic (exact) mass is 504 g/mol. The van der Waals surface area contributed by atoms with E-state index in [1.54, 1.807) is 30.5 Å². The minimum absolute atomic E-state index is 0.196. The number of fused-ring (bicyclic) bond motifs is 1. The van der Waals surface area contributed by atoms with Gasteiger partial charge in [-0.25, -0.2) is 14.4 Å². The van der Waals surface area contributed by atoms with Gasteiger partial charge < -0.3 is 15.2 Å². The van der Waals surface area contributed by atoms with E-state index >= 15 is 0 Å². The first kappa shape index (κ1) is 22.3. The van der Waals surface area contributed by atoms with E-state index in [-0.39, 0.29) is 12.4 Å². The molecule has 5 rings (SSSR count). The minimum atomic E-state index is -0.345. The number of imidazole rings is 1. The quantitative estimate of drug-likeness (QED) is 0.346. The summed E-state index contributed by atoms with van der Waals surface area (Å²) >= 11 is 19.0. The molecule has 10 heteroatoms. The predicted molar refractivity (Wildman–Crippen MR) is 130 cm³/mol. The Morgan fingerprint density at radius 1 is 1.12 bits per heavy atom. The Bertz CT molecular complexity index is 1300. The van der Waals surface area contributed by atoms with E-state index < -0.39 is 0 Å². The SMILES string of the molecule is Fc1ccc(Cl)cc1CNc1ncc2nc(-c3c(Cl)cccc3Cl)n(CC3CCNC3)c2n1. The molecule has 4 aromatic rings. The molecule has 0 saturated carbocycles. The molecule has 6 nitrogen and oxygen atoms in total. The Kier molecular flexibility index (Phi) is 6.38. The summed E-state index contributed by atoms with van der Waals surface area (Å²) in [6.45, 7) is 2.80. The zero-order chi connectivity index (χ0) is 22.9. The summed E-state index contributed by atoms with van der Waals surface area (Å²) in [5, 5.41) is 7.99. The number of aromatic nitrogens is 4. The molecule has 0 amide bonds. The third-order valence-corrected chi connectivity index (χ3v) is 6.59. The lowest BCUT2D eigenvalue weighted by Crippen LogP contribution is -2.16. The van der Waals surface area contributed by atoms with Crippen molar-refractivity contribution in [2.24, 2.45) is 5.92 Å². The molecular formula is C23H20Cl3FN6. The Morgan fingerprint density at radius 2 is 1.94 bits per heavy atom. The second kappa shape index (κ2) is 9.43. The van der Waals surface area contributed by atoms with Crippen LogP contribution in [0.1, 0.15) is 12.0 Å². The zero-order valence-electron chi connectivity index (χ0n) is 17.5. The van der Waals surface area contributed by atoms with Crippen molar-refractivity contribution in [1.82, 2.24) is 24.8 Å². The number of halogens is 4. The standard InChI is InChI=1S/C23H20Cl3FN6/c24-15-4-5-18(27)14(8-15)10-29-23-30-11-19-21(32-23)33(12-13-6-7-28-9-13)22(31-19)20-16(25)2-1-3-17(20)26/h1-5,8,11,13,28H,6-7,9-10,12H2,(H,29,30,32). The van der Waals surface area contributed by atoms with Gasteiger partial charge in [0.15, 0.2) is 5.65 Å². The van der Waals surface area contributed by atoms with Crippen LogP contribution in [0, 0.1) is 11.7 Å². The lowest BCUT2D eigenvalue weighted by Gasteiger charge is -2.15. The van der Waals surface area contributed by atoms with Crippen LogP contribution in [0.4, 0.5) is 10.3 Å². The normalized spacial score (nSPS) is 15.9. The van der Waals surface area contributed by atoms with Crippen molar-refractivity contribution < 1.29 is 4.39 Å². The Balaban J connectivity index is 1.54. The molecule has 0 bridgehead atoms. The second-order valence-electron chi connectivity index (χ2n) is 7.99. The second-order valence-corrected chi connectivity index (χ2v) is 9.24. The molecule has 170 valence electrons. The first-order valence-corrected chi connectivity index (χ1v) is 11.7. The maximum absolute atomic E-state index is 14.1. The molecule has 3 heterocycles. The van der Waals surface area contributed by atoms with Crippen molar-refractivity contribution >= 4 is 51.9 Å². The average molecular weight is 506 g/mol. The fourth-order valence-corrected chi connectivity index (χ4v) is 4.82. The van der Waals surface area contributed by atoms with Crippen LogP contribution in [0.3, 0.4) is 0 Å². The molecule has 0 aliphatic carbocycles. The number of hydrogen-bond acceptors (Lipinski definition) is 5. The molecule has 1 saturated heterocycles. The molecule has 2 N–H and O–H groups in total. The molecule has 0 radical (unpaired) electrons. The highest BCUT2D eigenvalue weighted by Gasteiger charge is 2.23. The maximum atomic E-state index is 14.1. The van der Waals surface area contributed by atoms with Crippen molar-refractivity contribution in [2.75, 3.05) is 18.4 Å². The minimum Gasteiger partial charge on any atom is -0.350 e. The lowest BCUT2D eigenvalue weighted by molar-refractivity contribution is 0.490. The predicted octanol–water partition coefficient (Wildman–Crippen LogP) is 5.81. The Labute approximate surface area is 205 Å². The maximum Gasteiger partial charge on any atom is 0.225 e. The van der Waals surface area contributed by atoms with Gasteiger partial charge in [-0.15, -0.1) is 0 Å². The summed E-state index contributed by atoms with van der Waals surface area (Å²) in [5.41, 5.74) is 2.39. The van der Waals surface area contributed by atoms with Gasteiger partial charge in [0.1, 0.15) is 17.2 Å². The summed E-state index contributed by atoms with van der Waals surface area (Å²) in [6, 6.07) is 9.83. The molecule has 0 spiro atoms. The van der Waals surface area contributed by atoms with E-state index in [1.165, 1.54) is 12.1 Å². The number of benzene rings is 2. The van der Waals surface area contributed by atoms with Crippen LogP contribution in [-0.4, -0.2) is 32.6 Å². The number of nitrogens with one attached hydrogen (secondary N) is 2. The molecule has 1 fully saturated rings. The molecule has 1 aliphatic heterocycles. The van der Waals surface area contributed by atoms with E-state index in [1.807, 2.05) is 4.57 Å². The summed E-state index contributed by atoms with van der Waals surface area (Å²) in [7, 11) is 0. The molecule has 1 aliphatic rings. The van der Waals surface area contributed by atoms with Gasteiger partial charge >= 0.3 is 0 Å². The van der Waals surface area contributed by atoms with E-state index in [0.29, 0.717) is 61.6 Å². The topological polar surface area (TPSA) is 67.7 Å². The van der Waals surface area contributed by atoms with Crippen LogP contribution in [0.2, 0.25) is 15.1 Å². The molecule has 2 aromatic heterocycles. The van der Waals surface area contributed by atoms with Gasteiger partial charge in [0.2, 0.25) is 5.95 Å². The van der Waals surface area contributed by atoms with Crippen molar-refractivity contribution in [1.29, 1.82) is 0 Å². The largest absolute Gasteiger partial charge is 0.350 e. The molecule has 1 unspecified atom stereocenters. The number of rotatable bonds is 6. The fraction of sp³-hybridized carbons (Fsp3) is 0.261. The van der Waals surface area contributed by atoms with Crippen molar-refractivity contribution in [3.05, 3.63) is 69.0 Å². The Hall–Kier alpha value is -2.45. The zero-order valence-corrected chi connectivity index (χ0v) is 19.7. The van der Waals surface area contributed by atoms with Crippen LogP contribution in [0.5, 0.6) is 0 Å². The smallest absolute Gasteiger partial charge is 0.225 e. The third kappa shape index (κ3) is 4.64. The first-order valence-electron chi connectivity index (χ1n) is 10.6. The molecule has 33 heavy (non-hydrogen) atoms. The van der Waals surface area contributed by atoms with Gasteiger partial charge in [0.25, 0.3) is 0 Å². The molecular weight excluding hydrogens is 486 g/mol. The van der Waals surface area contributed by atoms with Gasteiger partial charge in [0, 0.05) is 23.7 Å². The first-order chi connectivity index (χ1) is 16.0. The van der Waals surface area contributed by atoms with Crippen LogP contribution in [0.25, 0.3) is 22.6 Å². The lowest BCUT2D eigenvalue weighted by atomic mass is 10.1. The highest BCUT2D eigenvalue weighted by Crippen LogP contribution is 2.36. The number of hydrogen-bond donors (Lipinski definition) is 2. The van der Waals surface area contributed by atoms with Crippen LogP contribution in [-0.2, 0) is 13.1 Å². The highest BCUT2D eigenvalue weighted by atomic mass is 35.5. The Morgan fingerprint density at radius 3 is 2.70 bits per heavy atom. The van der Waals surface area contributed by atoms with Gasteiger partial charge in [-0.05, 0) is 55.8 Å². The third-order valence-electron chi connectivity index (χ3n) is 5.72. The van der Waals surface area contributed by atoms with Gasteiger partial charge in [0.05, 0.1) is 21.8 Å². The van der Waals surface area contributed by atoms with Crippen molar-refractivity contribution in [3.8, 4) is 11.4 Å². The summed E-state index contributed by atoms with van der Waals surface area (Å²) < 4.78 is 16.1. The van der Waals surface area contributed by atoms with E-state index in [9.17, 15) is 4.39 Å². The fourth-order valence-electron chi connectivity index (χ4n) is 4.06.